The Balaban J connectivity index is 2.39. The molecule has 0 spiro atoms. The predicted molar refractivity (Wildman–Crippen MR) is 76.8 cm³/mol. The van der Waals surface area contributed by atoms with Crippen molar-refractivity contribution in [3.63, 3.8) is 0 Å². The van der Waals surface area contributed by atoms with Gasteiger partial charge in [-0.1, -0.05) is 19.4 Å². The summed E-state index contributed by atoms with van der Waals surface area (Å²) in [6.07, 6.45) is 3.10. The molecule has 0 aliphatic heterocycles. The maximum atomic E-state index is 13.8. The molecule has 5 heteroatoms. The van der Waals surface area contributed by atoms with Crippen LogP contribution in [0.2, 0.25) is 0 Å². The minimum Gasteiger partial charge on any atom is -0.435 e. The van der Waals surface area contributed by atoms with E-state index in [2.05, 4.69) is 22.2 Å². The van der Waals surface area contributed by atoms with Gasteiger partial charge in [-0.15, -0.1) is 0 Å². The summed E-state index contributed by atoms with van der Waals surface area (Å²) >= 11 is 0. The number of halogens is 1. The molecule has 0 bridgehead atoms. The van der Waals surface area contributed by atoms with Crippen molar-refractivity contribution in [3.8, 4) is 11.6 Å². The van der Waals surface area contributed by atoms with E-state index in [4.69, 9.17) is 4.74 Å². The zero-order valence-electron chi connectivity index (χ0n) is 11.9. The van der Waals surface area contributed by atoms with Gasteiger partial charge in [-0.3, -0.25) is 0 Å². The van der Waals surface area contributed by atoms with Crippen LogP contribution in [0.1, 0.15) is 24.5 Å². The highest BCUT2D eigenvalue weighted by molar-refractivity contribution is 5.49. The van der Waals surface area contributed by atoms with Crippen LogP contribution < -0.4 is 10.1 Å². The number of benzene rings is 1. The molecule has 0 atom stereocenters. The molecule has 106 valence electrons. The van der Waals surface area contributed by atoms with E-state index in [9.17, 15) is 4.39 Å². The van der Waals surface area contributed by atoms with Gasteiger partial charge in [-0.05, 0) is 31.0 Å². The molecule has 0 amide bonds. The molecular weight excluding hydrogens is 257 g/mol. The lowest BCUT2D eigenvalue weighted by Crippen LogP contribution is -2.03. The Kier molecular flexibility index (Phi) is 4.50. The fourth-order valence-corrected chi connectivity index (χ4v) is 1.97. The maximum absolute atomic E-state index is 13.8. The standard InChI is InChI=1S/C15H18FN3O/c1-4-5-11-14(17-3)18-9-19-15(11)20-13-8-10(2)6-7-12(13)16/h6-9H,4-5H2,1-3H3,(H,17,18,19). The Labute approximate surface area is 118 Å². The predicted octanol–water partition coefficient (Wildman–Crippen LogP) is 3.71. The van der Waals surface area contributed by atoms with Crippen LogP contribution in [0, 0.1) is 12.7 Å². The highest BCUT2D eigenvalue weighted by atomic mass is 19.1. The van der Waals surface area contributed by atoms with E-state index in [1.54, 1.807) is 19.2 Å². The van der Waals surface area contributed by atoms with Crippen LogP contribution in [0.3, 0.4) is 0 Å². The van der Waals surface area contributed by atoms with Gasteiger partial charge in [0.15, 0.2) is 11.6 Å². The number of hydrogen-bond donors (Lipinski definition) is 1. The lowest BCUT2D eigenvalue weighted by atomic mass is 10.1. The quantitative estimate of drug-likeness (QED) is 0.903. The summed E-state index contributed by atoms with van der Waals surface area (Å²) in [5.74, 6) is 0.895. The van der Waals surface area contributed by atoms with Crippen LogP contribution >= 0.6 is 0 Å². The van der Waals surface area contributed by atoms with Crippen LogP contribution in [0.15, 0.2) is 24.5 Å². The minimum atomic E-state index is -0.400. The van der Waals surface area contributed by atoms with E-state index in [1.807, 2.05) is 6.92 Å². The van der Waals surface area contributed by atoms with Crippen LogP contribution in [0.25, 0.3) is 0 Å². The van der Waals surface area contributed by atoms with Crippen LogP contribution in [0.5, 0.6) is 11.6 Å². The summed E-state index contributed by atoms with van der Waals surface area (Å²) in [6, 6.07) is 4.75. The van der Waals surface area contributed by atoms with Crippen LogP contribution in [0.4, 0.5) is 10.2 Å². The lowest BCUT2D eigenvalue weighted by Gasteiger charge is -2.13. The van der Waals surface area contributed by atoms with E-state index in [-0.39, 0.29) is 5.75 Å². The van der Waals surface area contributed by atoms with Gasteiger partial charge in [-0.25, -0.2) is 14.4 Å². The first-order chi connectivity index (χ1) is 9.65. The zero-order chi connectivity index (χ0) is 14.5. The Hall–Kier alpha value is -2.17. The topological polar surface area (TPSA) is 47.0 Å². The molecule has 0 saturated carbocycles. The Morgan fingerprint density at radius 3 is 2.80 bits per heavy atom. The monoisotopic (exact) mass is 275 g/mol. The summed E-state index contributed by atoms with van der Waals surface area (Å²) in [5, 5.41) is 3.01. The van der Waals surface area contributed by atoms with Gasteiger partial charge in [0, 0.05) is 7.05 Å². The third-order valence-electron chi connectivity index (χ3n) is 2.94. The Morgan fingerprint density at radius 2 is 2.10 bits per heavy atom. The number of rotatable bonds is 5. The van der Waals surface area contributed by atoms with Crippen molar-refractivity contribution in [1.82, 2.24) is 9.97 Å². The molecule has 0 fully saturated rings. The first-order valence-electron chi connectivity index (χ1n) is 6.61. The van der Waals surface area contributed by atoms with E-state index in [1.165, 1.54) is 12.4 Å². The molecule has 1 aromatic heterocycles. The molecule has 1 aromatic carbocycles. The average molecular weight is 275 g/mol. The number of aryl methyl sites for hydroxylation is 1. The van der Waals surface area contributed by atoms with Gasteiger partial charge in [0.25, 0.3) is 0 Å². The van der Waals surface area contributed by atoms with E-state index >= 15 is 0 Å². The summed E-state index contributed by atoms with van der Waals surface area (Å²) < 4.78 is 19.4. The normalized spacial score (nSPS) is 10.4. The molecule has 2 aromatic rings. The van der Waals surface area contributed by atoms with Gasteiger partial charge in [-0.2, -0.15) is 0 Å². The molecule has 2 rings (SSSR count). The molecule has 1 N–H and O–H groups in total. The SMILES string of the molecule is CCCc1c(NC)ncnc1Oc1cc(C)ccc1F. The number of ether oxygens (including phenoxy) is 1. The van der Waals surface area contributed by atoms with Crippen molar-refractivity contribution in [1.29, 1.82) is 0 Å². The smallest absolute Gasteiger partial charge is 0.227 e. The van der Waals surface area contributed by atoms with Gasteiger partial charge in [0.1, 0.15) is 12.1 Å². The third kappa shape index (κ3) is 3.04. The molecule has 0 aliphatic rings. The average Bonchev–Trinajstić information content (AvgIpc) is 2.45. The molecule has 0 unspecified atom stereocenters. The van der Waals surface area contributed by atoms with Crippen molar-refractivity contribution < 1.29 is 9.13 Å². The fraction of sp³-hybridized carbons (Fsp3) is 0.333. The second-order valence-corrected chi connectivity index (χ2v) is 4.54. The van der Waals surface area contributed by atoms with Crippen molar-refractivity contribution in [2.45, 2.75) is 26.7 Å². The molecule has 20 heavy (non-hydrogen) atoms. The van der Waals surface area contributed by atoms with Crippen molar-refractivity contribution in [3.05, 3.63) is 41.5 Å². The number of nitrogens with one attached hydrogen (secondary N) is 1. The second kappa shape index (κ2) is 6.32. The Bertz CT molecular complexity index is 602. The molecule has 0 radical (unpaired) electrons. The Morgan fingerprint density at radius 1 is 1.30 bits per heavy atom. The molecular formula is C15H18FN3O. The zero-order valence-corrected chi connectivity index (χ0v) is 11.9. The molecule has 4 nitrogen and oxygen atoms in total. The van der Waals surface area contributed by atoms with Crippen molar-refractivity contribution in [2.24, 2.45) is 0 Å². The highest BCUT2D eigenvalue weighted by Crippen LogP contribution is 2.29. The molecule has 1 heterocycles. The van der Waals surface area contributed by atoms with Crippen molar-refractivity contribution >= 4 is 5.82 Å². The van der Waals surface area contributed by atoms with E-state index in [0.717, 1.165) is 24.0 Å². The van der Waals surface area contributed by atoms with E-state index < -0.39 is 5.82 Å². The van der Waals surface area contributed by atoms with E-state index in [0.29, 0.717) is 11.7 Å². The molecule has 0 saturated heterocycles. The highest BCUT2D eigenvalue weighted by Gasteiger charge is 2.14. The minimum absolute atomic E-state index is 0.183. The first-order valence-corrected chi connectivity index (χ1v) is 6.61. The van der Waals surface area contributed by atoms with Crippen molar-refractivity contribution in [2.75, 3.05) is 12.4 Å². The van der Waals surface area contributed by atoms with Gasteiger partial charge in [0.05, 0.1) is 5.56 Å². The number of hydrogen-bond acceptors (Lipinski definition) is 4. The first kappa shape index (κ1) is 14.2. The summed E-state index contributed by atoms with van der Waals surface area (Å²) in [5.41, 5.74) is 1.79. The maximum Gasteiger partial charge on any atom is 0.227 e. The fourth-order valence-electron chi connectivity index (χ4n) is 1.97. The van der Waals surface area contributed by atoms with Crippen LogP contribution in [-0.2, 0) is 6.42 Å². The third-order valence-corrected chi connectivity index (χ3v) is 2.94. The second-order valence-electron chi connectivity index (χ2n) is 4.54. The van der Waals surface area contributed by atoms with Gasteiger partial charge in [0.2, 0.25) is 5.88 Å². The largest absolute Gasteiger partial charge is 0.435 e. The van der Waals surface area contributed by atoms with Gasteiger partial charge >= 0.3 is 0 Å². The lowest BCUT2D eigenvalue weighted by molar-refractivity contribution is 0.421. The summed E-state index contributed by atoms with van der Waals surface area (Å²) in [4.78, 5) is 8.29. The number of aromatic nitrogens is 2. The number of anilines is 1. The summed E-state index contributed by atoms with van der Waals surface area (Å²) in [7, 11) is 1.79. The number of nitrogens with zero attached hydrogens (tertiary/aromatic N) is 2. The van der Waals surface area contributed by atoms with Gasteiger partial charge < -0.3 is 10.1 Å². The molecule has 0 aliphatic carbocycles. The summed E-state index contributed by atoms with van der Waals surface area (Å²) in [6.45, 7) is 3.95. The van der Waals surface area contributed by atoms with Crippen LogP contribution in [-0.4, -0.2) is 17.0 Å².